The summed E-state index contributed by atoms with van der Waals surface area (Å²) in [5.74, 6) is 1.51. The second-order valence-corrected chi connectivity index (χ2v) is 13.3. The molecule has 5 nitrogen and oxygen atoms in total. The predicted octanol–water partition coefficient (Wildman–Crippen LogP) is 5.63. The Bertz CT molecular complexity index is 862. The third-order valence-electron chi connectivity index (χ3n) is 7.88. The van der Waals surface area contributed by atoms with E-state index in [0.29, 0.717) is 13.1 Å². The summed E-state index contributed by atoms with van der Waals surface area (Å²) >= 11 is 9.85. The van der Waals surface area contributed by atoms with Gasteiger partial charge < -0.3 is 4.90 Å². The van der Waals surface area contributed by atoms with Gasteiger partial charge in [0.05, 0.1) is 0 Å². The summed E-state index contributed by atoms with van der Waals surface area (Å²) < 4.78 is 30.7. The van der Waals surface area contributed by atoms with Crippen molar-refractivity contribution in [1.82, 2.24) is 13.9 Å². The van der Waals surface area contributed by atoms with E-state index in [4.69, 9.17) is 11.6 Å². The van der Waals surface area contributed by atoms with Crippen LogP contribution in [0.1, 0.15) is 69.8 Å². The van der Waals surface area contributed by atoms with Gasteiger partial charge in [-0.25, -0.2) is 0 Å². The van der Waals surface area contributed by atoms with Crippen LogP contribution in [0.15, 0.2) is 22.7 Å². The summed E-state index contributed by atoms with van der Waals surface area (Å²) in [6, 6.07) is 6.23. The van der Waals surface area contributed by atoms with E-state index in [1.165, 1.54) is 55.4 Å². The number of halogens is 2. The highest BCUT2D eigenvalue weighted by Crippen LogP contribution is 2.30. The van der Waals surface area contributed by atoms with Crippen molar-refractivity contribution in [2.45, 2.75) is 76.7 Å². The van der Waals surface area contributed by atoms with Crippen molar-refractivity contribution in [3.8, 4) is 0 Å². The van der Waals surface area contributed by atoms with Crippen LogP contribution in [0, 0.1) is 11.8 Å². The molecule has 1 N–H and O–H groups in total. The maximum absolute atomic E-state index is 12.5. The summed E-state index contributed by atoms with van der Waals surface area (Å²) in [7, 11) is -3.27. The molecule has 0 atom stereocenters. The first-order valence-corrected chi connectivity index (χ1v) is 15.4. The summed E-state index contributed by atoms with van der Waals surface area (Å²) in [5, 5.41) is 0.823. The molecular weight excluding hydrogens is 522 g/mol. The van der Waals surface area contributed by atoms with Crippen LogP contribution >= 0.6 is 27.5 Å². The van der Waals surface area contributed by atoms with Crippen molar-refractivity contribution in [2.75, 3.05) is 32.7 Å². The lowest BCUT2D eigenvalue weighted by atomic mass is 9.83. The molecule has 0 amide bonds. The lowest BCUT2D eigenvalue weighted by molar-refractivity contribution is 0.175. The molecule has 33 heavy (non-hydrogen) atoms. The van der Waals surface area contributed by atoms with Crippen LogP contribution < -0.4 is 4.72 Å². The first-order valence-electron chi connectivity index (χ1n) is 12.8. The molecule has 3 aliphatic rings. The number of benzene rings is 1. The van der Waals surface area contributed by atoms with E-state index in [1.54, 1.807) is 4.31 Å². The summed E-state index contributed by atoms with van der Waals surface area (Å²) in [4.78, 5) is 2.64. The molecule has 2 saturated heterocycles. The number of likely N-dealkylation sites (tertiary alicyclic amines) is 1. The van der Waals surface area contributed by atoms with Gasteiger partial charge in [-0.05, 0) is 126 Å². The molecule has 8 heteroatoms. The number of rotatable bonds is 9. The molecule has 1 aromatic rings. The molecule has 1 saturated carbocycles. The zero-order chi connectivity index (χ0) is 23.3. The van der Waals surface area contributed by atoms with E-state index < -0.39 is 10.2 Å². The number of nitrogens with one attached hydrogen (secondary N) is 1. The first-order chi connectivity index (χ1) is 15.9. The fraction of sp³-hybridized carbons (Fsp3) is 0.760. The highest BCUT2D eigenvalue weighted by atomic mass is 79.9. The van der Waals surface area contributed by atoms with Crippen molar-refractivity contribution in [3.63, 3.8) is 0 Å². The SMILES string of the molecule is O=S(=O)(NC1CCC(CCCN2CCC(Cc3cc(Cl)ccc3Br)CC2)CC1)N1CCCC1. The normalized spacial score (nSPS) is 26.1. The lowest BCUT2D eigenvalue weighted by Crippen LogP contribution is -2.45. The third-order valence-corrected chi connectivity index (χ3v) is 10.6. The van der Waals surface area contributed by atoms with Gasteiger partial charge in [0, 0.05) is 28.6 Å². The highest BCUT2D eigenvalue weighted by molar-refractivity contribution is 9.10. The average molecular weight is 561 g/mol. The van der Waals surface area contributed by atoms with Gasteiger partial charge in [0.15, 0.2) is 0 Å². The Kier molecular flexibility index (Phi) is 9.56. The molecule has 4 rings (SSSR count). The molecule has 0 radical (unpaired) electrons. The Labute approximate surface area is 213 Å². The first kappa shape index (κ1) is 25.9. The Morgan fingerprint density at radius 3 is 2.36 bits per heavy atom. The molecule has 0 bridgehead atoms. The van der Waals surface area contributed by atoms with Crippen LogP contribution in [0.3, 0.4) is 0 Å². The van der Waals surface area contributed by atoms with E-state index in [9.17, 15) is 8.42 Å². The van der Waals surface area contributed by atoms with E-state index >= 15 is 0 Å². The van der Waals surface area contributed by atoms with E-state index in [-0.39, 0.29) is 6.04 Å². The Morgan fingerprint density at radius 2 is 1.67 bits per heavy atom. The van der Waals surface area contributed by atoms with Crippen molar-refractivity contribution >= 4 is 37.7 Å². The van der Waals surface area contributed by atoms with Gasteiger partial charge in [-0.15, -0.1) is 0 Å². The average Bonchev–Trinajstić information content (AvgIpc) is 3.35. The summed E-state index contributed by atoms with van der Waals surface area (Å²) in [6.07, 6.45) is 12.5. The van der Waals surface area contributed by atoms with Gasteiger partial charge in [0.1, 0.15) is 0 Å². The number of hydrogen-bond donors (Lipinski definition) is 1. The Balaban J connectivity index is 1.09. The minimum absolute atomic E-state index is 0.130. The fourth-order valence-electron chi connectivity index (χ4n) is 5.81. The van der Waals surface area contributed by atoms with Gasteiger partial charge in [0.25, 0.3) is 10.2 Å². The van der Waals surface area contributed by atoms with Crippen molar-refractivity contribution < 1.29 is 8.42 Å². The van der Waals surface area contributed by atoms with E-state index in [1.807, 2.05) is 6.07 Å². The molecule has 2 aliphatic heterocycles. The number of nitrogens with zero attached hydrogens (tertiary/aromatic N) is 2. The molecule has 2 heterocycles. The molecule has 3 fully saturated rings. The second kappa shape index (κ2) is 12.2. The van der Waals surface area contributed by atoms with Crippen molar-refractivity contribution in [2.24, 2.45) is 11.8 Å². The highest BCUT2D eigenvalue weighted by Gasteiger charge is 2.30. The molecule has 0 unspecified atom stereocenters. The summed E-state index contributed by atoms with van der Waals surface area (Å²) in [5.41, 5.74) is 1.33. The molecule has 0 spiro atoms. The maximum Gasteiger partial charge on any atom is 0.279 e. The lowest BCUT2D eigenvalue weighted by Gasteiger charge is -2.33. The monoisotopic (exact) mass is 559 g/mol. The standard InChI is InChI=1S/C25H39BrClN3O2S/c26-25-10-7-23(27)19-22(25)18-21-11-16-29(17-12-21)13-3-4-20-5-8-24(9-6-20)28-33(31,32)30-14-1-2-15-30/h7,10,19-21,24,28H,1-6,8-9,11-18H2. The maximum atomic E-state index is 12.5. The van der Waals surface area contributed by atoms with Crippen molar-refractivity contribution in [3.05, 3.63) is 33.3 Å². The zero-order valence-corrected chi connectivity index (χ0v) is 22.8. The zero-order valence-electron chi connectivity index (χ0n) is 19.7. The predicted molar refractivity (Wildman–Crippen MR) is 140 cm³/mol. The topological polar surface area (TPSA) is 52.7 Å². The Hall–Kier alpha value is -0.180. The number of hydrogen-bond acceptors (Lipinski definition) is 3. The summed E-state index contributed by atoms with van der Waals surface area (Å²) in [6.45, 7) is 4.97. The van der Waals surface area contributed by atoms with Gasteiger partial charge in [-0.1, -0.05) is 27.5 Å². The van der Waals surface area contributed by atoms with Gasteiger partial charge >= 0.3 is 0 Å². The smallest absolute Gasteiger partial charge is 0.279 e. The van der Waals surface area contributed by atoms with Gasteiger partial charge in [-0.3, -0.25) is 0 Å². The van der Waals surface area contributed by atoms with Crippen LogP contribution in [-0.4, -0.2) is 56.4 Å². The van der Waals surface area contributed by atoms with Gasteiger partial charge in [0.2, 0.25) is 0 Å². The second-order valence-electron chi connectivity index (χ2n) is 10.3. The van der Waals surface area contributed by atoms with E-state index in [2.05, 4.69) is 37.7 Å². The molecule has 1 aromatic carbocycles. The minimum Gasteiger partial charge on any atom is -0.303 e. The van der Waals surface area contributed by atoms with Crippen LogP contribution in [0.25, 0.3) is 0 Å². The van der Waals surface area contributed by atoms with Crippen LogP contribution in [-0.2, 0) is 16.6 Å². The third kappa shape index (κ3) is 7.65. The molecule has 0 aromatic heterocycles. The minimum atomic E-state index is -3.27. The van der Waals surface area contributed by atoms with Crippen LogP contribution in [0.4, 0.5) is 0 Å². The quantitative estimate of drug-likeness (QED) is 0.426. The van der Waals surface area contributed by atoms with Crippen LogP contribution in [0.5, 0.6) is 0 Å². The molecular formula is C25H39BrClN3O2S. The molecule has 1 aliphatic carbocycles. The largest absolute Gasteiger partial charge is 0.303 e. The van der Waals surface area contributed by atoms with Crippen LogP contribution in [0.2, 0.25) is 5.02 Å². The number of piperidine rings is 1. The fourth-order valence-corrected chi connectivity index (χ4v) is 7.96. The molecule has 186 valence electrons. The van der Waals surface area contributed by atoms with Gasteiger partial charge in [-0.2, -0.15) is 17.4 Å². The Morgan fingerprint density at radius 1 is 0.970 bits per heavy atom. The van der Waals surface area contributed by atoms with E-state index in [0.717, 1.165) is 61.8 Å². The van der Waals surface area contributed by atoms with Crippen molar-refractivity contribution in [1.29, 1.82) is 0 Å².